The third-order valence-corrected chi connectivity index (χ3v) is 11.4. The fourth-order valence-corrected chi connectivity index (χ4v) is 8.59. The van der Waals surface area contributed by atoms with Crippen LogP contribution in [0.15, 0.2) is 210 Å². The molecular formula is C53H37N3O. The number of hydrogen-bond donors (Lipinski definition) is 2. The first kappa shape index (κ1) is 33.1. The first-order valence-corrected chi connectivity index (χ1v) is 19.5. The Morgan fingerprint density at radius 2 is 1.11 bits per heavy atom. The zero-order valence-electron chi connectivity index (χ0n) is 31.1. The first-order valence-electron chi connectivity index (χ1n) is 19.5. The van der Waals surface area contributed by atoms with Crippen molar-refractivity contribution in [3.8, 4) is 33.4 Å². The Morgan fingerprint density at radius 1 is 0.439 bits per heavy atom. The maximum absolute atomic E-state index is 6.90. The average molecular weight is 732 g/mol. The number of benzene rings is 9. The number of para-hydroxylation sites is 1. The van der Waals surface area contributed by atoms with E-state index in [1.807, 2.05) is 0 Å². The second-order valence-electron chi connectivity index (χ2n) is 14.8. The third kappa shape index (κ3) is 5.86. The van der Waals surface area contributed by atoms with E-state index in [0.29, 0.717) is 0 Å². The lowest BCUT2D eigenvalue weighted by Crippen LogP contribution is -2.45. The lowest BCUT2D eigenvalue weighted by molar-refractivity contribution is 0.411. The van der Waals surface area contributed by atoms with Gasteiger partial charge in [-0.3, -0.25) is 5.32 Å². The minimum absolute atomic E-state index is 0.260. The normalized spacial score (nSPS) is 15.5. The van der Waals surface area contributed by atoms with Crippen LogP contribution < -0.4 is 10.6 Å². The van der Waals surface area contributed by atoms with E-state index in [0.717, 1.165) is 66.7 Å². The summed E-state index contributed by atoms with van der Waals surface area (Å²) in [5.41, 5.74) is 11.8. The van der Waals surface area contributed by atoms with E-state index in [9.17, 15) is 0 Å². The molecule has 2 unspecified atom stereocenters. The summed E-state index contributed by atoms with van der Waals surface area (Å²) in [6.45, 7) is 0. The van der Waals surface area contributed by atoms with Gasteiger partial charge in [0.05, 0.1) is 0 Å². The monoisotopic (exact) mass is 731 g/mol. The molecule has 0 saturated heterocycles. The molecule has 0 fully saturated rings. The highest BCUT2D eigenvalue weighted by molar-refractivity contribution is 6.13. The molecule has 9 aromatic carbocycles. The minimum Gasteiger partial charge on any atom is -0.455 e. The minimum atomic E-state index is -0.267. The number of nitrogens with one attached hydrogen (secondary N) is 2. The van der Waals surface area contributed by atoms with Gasteiger partial charge in [-0.1, -0.05) is 182 Å². The second-order valence-corrected chi connectivity index (χ2v) is 14.8. The number of rotatable bonds is 6. The molecule has 1 aromatic heterocycles. The average Bonchev–Trinajstić information content (AvgIpc) is 3.69. The largest absolute Gasteiger partial charge is 0.455 e. The van der Waals surface area contributed by atoms with Crippen molar-refractivity contribution in [1.29, 1.82) is 0 Å². The van der Waals surface area contributed by atoms with Crippen molar-refractivity contribution in [1.82, 2.24) is 10.6 Å². The molecule has 4 nitrogen and oxygen atoms in total. The van der Waals surface area contributed by atoms with Crippen molar-refractivity contribution < 1.29 is 4.42 Å². The van der Waals surface area contributed by atoms with Crippen LogP contribution in [0.1, 0.15) is 29.0 Å². The second kappa shape index (κ2) is 13.8. The SMILES string of the molecule is c1ccc(-c2ccc(-c3cccc4c3oc3cccc(C5NC(c6ccc7ccc8ccccc8c7c6)=NC(c6ccccc6)N5)c34)c(-c3ccccc3)c2)cc1. The molecule has 0 spiro atoms. The Kier molecular flexibility index (Phi) is 8.01. The predicted molar refractivity (Wildman–Crippen MR) is 236 cm³/mol. The Balaban J connectivity index is 1.06. The Bertz CT molecular complexity index is 3130. The van der Waals surface area contributed by atoms with E-state index in [4.69, 9.17) is 9.41 Å². The van der Waals surface area contributed by atoms with Gasteiger partial charge in [0.2, 0.25) is 0 Å². The van der Waals surface area contributed by atoms with Crippen LogP contribution in [-0.4, -0.2) is 5.84 Å². The Labute approximate surface area is 330 Å². The van der Waals surface area contributed by atoms with Crippen molar-refractivity contribution >= 4 is 49.3 Å². The number of nitrogens with zero attached hydrogens (tertiary/aromatic N) is 1. The van der Waals surface area contributed by atoms with Gasteiger partial charge in [0.1, 0.15) is 29.3 Å². The van der Waals surface area contributed by atoms with E-state index >= 15 is 0 Å². The summed E-state index contributed by atoms with van der Waals surface area (Å²) in [6, 6.07) is 71.1. The van der Waals surface area contributed by atoms with Gasteiger partial charge in [-0.2, -0.15) is 0 Å². The number of aliphatic imine (C=N–C) groups is 1. The number of amidine groups is 1. The standard InChI is InChI=1S/C53H37N3O/c1-4-14-34(15-5-1)39-30-31-42(47(32-39)35-16-6-2-7-17-35)43-22-12-23-44-49-45(24-13-25-48(49)57-50(43)44)53-55-51(38-19-8-3-9-20-38)54-52(56-53)40-29-28-37-27-26-36-18-10-11-21-41(36)46(37)33-40/h1-33,51,53,55H,(H,54,56). The molecule has 2 N–H and O–H groups in total. The van der Waals surface area contributed by atoms with Crippen LogP contribution in [0, 0.1) is 0 Å². The number of fused-ring (bicyclic) bond motifs is 6. The highest BCUT2D eigenvalue weighted by Gasteiger charge is 2.28. The van der Waals surface area contributed by atoms with Crippen LogP contribution in [0.5, 0.6) is 0 Å². The van der Waals surface area contributed by atoms with Crippen LogP contribution in [0.2, 0.25) is 0 Å². The molecule has 4 heteroatoms. The molecule has 0 saturated carbocycles. The molecule has 2 heterocycles. The van der Waals surface area contributed by atoms with Crippen LogP contribution >= 0.6 is 0 Å². The quantitative estimate of drug-likeness (QED) is 0.167. The summed E-state index contributed by atoms with van der Waals surface area (Å²) in [4.78, 5) is 5.31. The zero-order valence-corrected chi connectivity index (χ0v) is 31.1. The van der Waals surface area contributed by atoms with Crippen molar-refractivity contribution in [2.24, 2.45) is 4.99 Å². The van der Waals surface area contributed by atoms with E-state index in [1.165, 1.54) is 32.7 Å². The van der Waals surface area contributed by atoms with Crippen LogP contribution in [0.25, 0.3) is 76.9 Å². The fraction of sp³-hybridized carbons (Fsp3) is 0.0377. The maximum atomic E-state index is 6.90. The Morgan fingerprint density at radius 3 is 1.93 bits per heavy atom. The van der Waals surface area contributed by atoms with Gasteiger partial charge in [-0.05, 0) is 73.1 Å². The van der Waals surface area contributed by atoms with E-state index in [1.54, 1.807) is 0 Å². The molecule has 11 rings (SSSR count). The third-order valence-electron chi connectivity index (χ3n) is 11.4. The molecule has 0 radical (unpaired) electrons. The molecule has 2 atom stereocenters. The van der Waals surface area contributed by atoms with E-state index < -0.39 is 0 Å². The maximum Gasteiger partial charge on any atom is 0.143 e. The van der Waals surface area contributed by atoms with Gasteiger partial charge in [0.15, 0.2) is 0 Å². The summed E-state index contributed by atoms with van der Waals surface area (Å²) in [6.07, 6.45) is -0.527. The number of hydrogen-bond acceptors (Lipinski definition) is 4. The molecule has 270 valence electrons. The van der Waals surface area contributed by atoms with Crippen molar-refractivity contribution in [3.63, 3.8) is 0 Å². The van der Waals surface area contributed by atoms with Gasteiger partial charge in [-0.15, -0.1) is 0 Å². The number of furan rings is 1. The predicted octanol–water partition coefficient (Wildman–Crippen LogP) is 13.2. The first-order chi connectivity index (χ1) is 28.2. The molecule has 1 aliphatic rings. The highest BCUT2D eigenvalue weighted by atomic mass is 16.3. The van der Waals surface area contributed by atoms with Crippen molar-refractivity contribution in [3.05, 3.63) is 217 Å². The van der Waals surface area contributed by atoms with Crippen LogP contribution in [-0.2, 0) is 0 Å². The van der Waals surface area contributed by atoms with Crippen molar-refractivity contribution in [2.75, 3.05) is 0 Å². The molecule has 0 bridgehead atoms. The summed E-state index contributed by atoms with van der Waals surface area (Å²) in [5.74, 6) is 0.846. The Hall–Kier alpha value is -7.27. The van der Waals surface area contributed by atoms with Gasteiger partial charge in [0.25, 0.3) is 0 Å². The van der Waals surface area contributed by atoms with Gasteiger partial charge >= 0.3 is 0 Å². The highest BCUT2D eigenvalue weighted by Crippen LogP contribution is 2.43. The van der Waals surface area contributed by atoms with Crippen molar-refractivity contribution in [2.45, 2.75) is 12.3 Å². The lowest BCUT2D eigenvalue weighted by Gasteiger charge is -2.32. The zero-order chi connectivity index (χ0) is 37.7. The van der Waals surface area contributed by atoms with Crippen LogP contribution in [0.4, 0.5) is 0 Å². The topological polar surface area (TPSA) is 49.6 Å². The van der Waals surface area contributed by atoms with Gasteiger partial charge in [0, 0.05) is 27.5 Å². The smallest absolute Gasteiger partial charge is 0.143 e. The van der Waals surface area contributed by atoms with E-state index in [-0.39, 0.29) is 12.3 Å². The van der Waals surface area contributed by atoms with Crippen LogP contribution in [0.3, 0.4) is 0 Å². The molecule has 0 amide bonds. The molecular weight excluding hydrogens is 695 g/mol. The van der Waals surface area contributed by atoms with Gasteiger partial charge in [-0.25, -0.2) is 4.99 Å². The molecule has 10 aromatic rings. The van der Waals surface area contributed by atoms with E-state index in [2.05, 4.69) is 211 Å². The fourth-order valence-electron chi connectivity index (χ4n) is 8.59. The molecule has 1 aliphatic heterocycles. The summed E-state index contributed by atoms with van der Waals surface area (Å²) < 4.78 is 6.90. The summed E-state index contributed by atoms with van der Waals surface area (Å²) in [7, 11) is 0. The summed E-state index contributed by atoms with van der Waals surface area (Å²) in [5, 5.41) is 14.7. The molecule has 0 aliphatic carbocycles. The van der Waals surface area contributed by atoms with Gasteiger partial charge < -0.3 is 9.73 Å². The lowest BCUT2D eigenvalue weighted by atomic mass is 9.90. The molecule has 57 heavy (non-hydrogen) atoms. The summed E-state index contributed by atoms with van der Waals surface area (Å²) >= 11 is 0.